The Balaban J connectivity index is 2.18. The predicted octanol–water partition coefficient (Wildman–Crippen LogP) is 3.11. The number of ether oxygens (including phenoxy) is 1. The molecule has 2 rings (SSSR count). The molecule has 0 saturated carbocycles. The van der Waals surface area contributed by atoms with E-state index in [-0.39, 0.29) is 6.10 Å². The van der Waals surface area contributed by atoms with Crippen molar-refractivity contribution in [3.63, 3.8) is 0 Å². The SMILES string of the molecule is CC(C)OC(=N)Cc1c[nH]c2ccccc12. The van der Waals surface area contributed by atoms with Crippen LogP contribution < -0.4 is 0 Å². The van der Waals surface area contributed by atoms with Crippen molar-refractivity contribution in [3.8, 4) is 0 Å². The first-order valence-corrected chi connectivity index (χ1v) is 5.46. The zero-order valence-corrected chi connectivity index (χ0v) is 9.58. The van der Waals surface area contributed by atoms with Crippen molar-refractivity contribution < 1.29 is 4.74 Å². The number of hydrogen-bond donors (Lipinski definition) is 2. The smallest absolute Gasteiger partial charge is 0.185 e. The molecule has 0 aliphatic rings. The zero-order valence-electron chi connectivity index (χ0n) is 9.58. The Morgan fingerprint density at radius 1 is 1.38 bits per heavy atom. The van der Waals surface area contributed by atoms with E-state index in [9.17, 15) is 0 Å². The lowest BCUT2D eigenvalue weighted by Gasteiger charge is -2.09. The highest BCUT2D eigenvalue weighted by molar-refractivity contribution is 5.87. The Morgan fingerprint density at radius 2 is 2.12 bits per heavy atom. The standard InChI is InChI=1S/C13H16N2O/c1-9(2)16-13(14)7-10-8-15-12-6-4-3-5-11(10)12/h3-6,8-9,14-15H,7H2,1-2H3. The van der Waals surface area contributed by atoms with Gasteiger partial charge in [-0.1, -0.05) is 18.2 Å². The largest absolute Gasteiger partial charge is 0.478 e. The van der Waals surface area contributed by atoms with Crippen LogP contribution in [0.1, 0.15) is 19.4 Å². The van der Waals surface area contributed by atoms with Crippen LogP contribution in [0.4, 0.5) is 0 Å². The molecule has 0 spiro atoms. The second-order valence-electron chi connectivity index (χ2n) is 4.13. The maximum atomic E-state index is 7.73. The quantitative estimate of drug-likeness (QED) is 0.601. The van der Waals surface area contributed by atoms with Crippen LogP contribution in [0.5, 0.6) is 0 Å². The minimum absolute atomic E-state index is 0.0673. The highest BCUT2D eigenvalue weighted by Gasteiger charge is 2.07. The third-order valence-electron chi connectivity index (χ3n) is 2.40. The van der Waals surface area contributed by atoms with Gasteiger partial charge in [-0.05, 0) is 25.5 Å². The first-order valence-electron chi connectivity index (χ1n) is 5.46. The molecule has 0 saturated heterocycles. The molecule has 1 heterocycles. The molecule has 2 N–H and O–H groups in total. The molecular formula is C13H16N2O. The maximum absolute atomic E-state index is 7.73. The summed E-state index contributed by atoms with van der Waals surface area (Å²) in [6.45, 7) is 3.87. The molecule has 0 amide bonds. The number of benzene rings is 1. The van der Waals surface area contributed by atoms with Crippen LogP contribution in [0, 0.1) is 5.41 Å². The Hall–Kier alpha value is -1.77. The highest BCUT2D eigenvalue weighted by Crippen LogP contribution is 2.18. The summed E-state index contributed by atoms with van der Waals surface area (Å²) in [4.78, 5) is 3.19. The Bertz CT molecular complexity index is 499. The molecule has 0 aliphatic carbocycles. The van der Waals surface area contributed by atoms with Crippen molar-refractivity contribution >= 4 is 16.8 Å². The maximum Gasteiger partial charge on any atom is 0.185 e. The van der Waals surface area contributed by atoms with E-state index in [4.69, 9.17) is 10.1 Å². The van der Waals surface area contributed by atoms with Crippen LogP contribution in [0.3, 0.4) is 0 Å². The van der Waals surface area contributed by atoms with Gasteiger partial charge in [0.15, 0.2) is 5.90 Å². The van der Waals surface area contributed by atoms with Gasteiger partial charge in [-0.2, -0.15) is 0 Å². The Morgan fingerprint density at radius 3 is 2.88 bits per heavy atom. The summed E-state index contributed by atoms with van der Waals surface area (Å²) in [6.07, 6.45) is 2.56. The molecule has 1 aromatic heterocycles. The van der Waals surface area contributed by atoms with E-state index >= 15 is 0 Å². The van der Waals surface area contributed by atoms with Gasteiger partial charge in [-0.15, -0.1) is 0 Å². The lowest BCUT2D eigenvalue weighted by Crippen LogP contribution is -2.12. The minimum atomic E-state index is 0.0673. The molecule has 0 aliphatic heterocycles. The summed E-state index contributed by atoms with van der Waals surface area (Å²) < 4.78 is 5.34. The highest BCUT2D eigenvalue weighted by atomic mass is 16.5. The first kappa shape index (κ1) is 10.7. The van der Waals surface area contributed by atoms with Crippen molar-refractivity contribution in [1.82, 2.24) is 4.98 Å². The topological polar surface area (TPSA) is 48.9 Å². The second kappa shape index (κ2) is 4.39. The summed E-state index contributed by atoms with van der Waals surface area (Å²) in [7, 11) is 0. The van der Waals surface area contributed by atoms with Crippen LogP contribution in [0.2, 0.25) is 0 Å². The lowest BCUT2D eigenvalue weighted by atomic mass is 10.1. The molecule has 84 valence electrons. The van der Waals surface area contributed by atoms with Crippen LogP contribution in [0.25, 0.3) is 10.9 Å². The first-order chi connectivity index (χ1) is 7.66. The van der Waals surface area contributed by atoms with E-state index in [1.807, 2.05) is 38.2 Å². The number of rotatable bonds is 3. The summed E-state index contributed by atoms with van der Waals surface area (Å²) in [6, 6.07) is 8.10. The lowest BCUT2D eigenvalue weighted by molar-refractivity contribution is 0.221. The monoisotopic (exact) mass is 216 g/mol. The van der Waals surface area contributed by atoms with Crippen molar-refractivity contribution in [2.24, 2.45) is 0 Å². The Kier molecular flexibility index (Phi) is 2.95. The van der Waals surface area contributed by atoms with Crippen molar-refractivity contribution in [2.45, 2.75) is 26.4 Å². The van der Waals surface area contributed by atoms with Crippen molar-refractivity contribution in [2.75, 3.05) is 0 Å². The van der Waals surface area contributed by atoms with Crippen LogP contribution >= 0.6 is 0 Å². The van der Waals surface area contributed by atoms with Crippen LogP contribution in [0.15, 0.2) is 30.5 Å². The fourth-order valence-electron chi connectivity index (χ4n) is 1.78. The summed E-state index contributed by atoms with van der Waals surface area (Å²) in [5.74, 6) is 0.319. The molecule has 0 radical (unpaired) electrons. The van der Waals surface area contributed by atoms with E-state index in [0.717, 1.165) is 11.1 Å². The molecule has 1 aromatic carbocycles. The summed E-state index contributed by atoms with van der Waals surface area (Å²) in [5, 5.41) is 8.90. The molecule has 0 bridgehead atoms. The number of fused-ring (bicyclic) bond motifs is 1. The number of aromatic amines is 1. The minimum Gasteiger partial charge on any atom is -0.478 e. The number of aromatic nitrogens is 1. The number of H-pyrrole nitrogens is 1. The normalized spacial score (nSPS) is 10.9. The van der Waals surface area contributed by atoms with Crippen LogP contribution in [-0.2, 0) is 11.2 Å². The van der Waals surface area contributed by atoms with Gasteiger partial charge in [0.25, 0.3) is 0 Å². The molecule has 0 unspecified atom stereocenters. The zero-order chi connectivity index (χ0) is 11.5. The second-order valence-corrected chi connectivity index (χ2v) is 4.13. The third kappa shape index (κ3) is 2.24. The Labute approximate surface area is 94.9 Å². The predicted molar refractivity (Wildman–Crippen MR) is 66.0 cm³/mol. The van der Waals surface area contributed by atoms with Crippen LogP contribution in [-0.4, -0.2) is 17.0 Å². The molecule has 3 heteroatoms. The van der Waals surface area contributed by atoms with Gasteiger partial charge in [0.1, 0.15) is 0 Å². The third-order valence-corrected chi connectivity index (χ3v) is 2.40. The average Bonchev–Trinajstić information content (AvgIpc) is 2.61. The fraction of sp³-hybridized carbons (Fsp3) is 0.308. The van der Waals surface area contributed by atoms with E-state index < -0.39 is 0 Å². The molecule has 3 nitrogen and oxygen atoms in total. The van der Waals surface area contributed by atoms with E-state index in [1.54, 1.807) is 0 Å². The average molecular weight is 216 g/mol. The number of para-hydroxylation sites is 1. The van der Waals surface area contributed by atoms with Gasteiger partial charge >= 0.3 is 0 Å². The van der Waals surface area contributed by atoms with Gasteiger partial charge in [0.2, 0.25) is 0 Å². The van der Waals surface area contributed by atoms with Gasteiger partial charge < -0.3 is 9.72 Å². The van der Waals surface area contributed by atoms with Gasteiger partial charge in [0.05, 0.1) is 12.5 Å². The fourth-order valence-corrected chi connectivity index (χ4v) is 1.78. The molecule has 0 atom stereocenters. The molecule has 2 aromatic rings. The summed E-state index contributed by atoms with van der Waals surface area (Å²) in [5.41, 5.74) is 2.22. The van der Waals surface area contributed by atoms with Crippen molar-refractivity contribution in [3.05, 3.63) is 36.0 Å². The summed E-state index contributed by atoms with van der Waals surface area (Å²) >= 11 is 0. The number of nitrogens with one attached hydrogen (secondary N) is 2. The number of hydrogen-bond acceptors (Lipinski definition) is 2. The van der Waals surface area contributed by atoms with E-state index in [2.05, 4.69) is 11.1 Å². The van der Waals surface area contributed by atoms with E-state index in [0.29, 0.717) is 12.3 Å². The molecule has 16 heavy (non-hydrogen) atoms. The van der Waals surface area contributed by atoms with E-state index in [1.165, 1.54) is 5.39 Å². The molecule has 0 fully saturated rings. The van der Waals surface area contributed by atoms with Crippen molar-refractivity contribution in [1.29, 1.82) is 5.41 Å². The molecular weight excluding hydrogens is 200 g/mol. The van der Waals surface area contributed by atoms with Gasteiger partial charge in [-0.3, -0.25) is 5.41 Å². The van der Waals surface area contributed by atoms with Gasteiger partial charge in [0, 0.05) is 17.1 Å². The van der Waals surface area contributed by atoms with Gasteiger partial charge in [-0.25, -0.2) is 0 Å².